The second-order valence-electron chi connectivity index (χ2n) is 5.17. The molecule has 21 heavy (non-hydrogen) atoms. The normalized spacial score (nSPS) is 19.7. The van der Waals surface area contributed by atoms with Crippen LogP contribution in [-0.4, -0.2) is 36.7 Å². The molecule has 1 fully saturated rings. The predicted octanol–water partition coefficient (Wildman–Crippen LogP) is 1.55. The lowest BCUT2D eigenvalue weighted by Gasteiger charge is -2.23. The molecule has 0 aliphatic carbocycles. The molecule has 8 heteroatoms. The highest BCUT2D eigenvalue weighted by Gasteiger charge is 2.27. The summed E-state index contributed by atoms with van der Waals surface area (Å²) in [5.41, 5.74) is 1.10. The van der Waals surface area contributed by atoms with E-state index in [0.29, 0.717) is 28.8 Å². The van der Waals surface area contributed by atoms with Gasteiger partial charge in [0.05, 0.1) is 15.9 Å². The number of carbonyl (C=O) groups excluding carboxylic acids is 1. The Morgan fingerprint density at radius 1 is 1.38 bits per heavy atom. The lowest BCUT2D eigenvalue weighted by molar-refractivity contribution is -0.125. The van der Waals surface area contributed by atoms with Crippen LogP contribution in [0, 0.1) is 4.77 Å². The minimum absolute atomic E-state index is 0.0805. The maximum absolute atomic E-state index is 12.1. The number of nitrogens with zero attached hydrogens (tertiary/aromatic N) is 1. The van der Waals surface area contributed by atoms with Crippen LogP contribution in [0.4, 0.5) is 0 Å². The van der Waals surface area contributed by atoms with Crippen molar-refractivity contribution in [2.24, 2.45) is 0 Å². The zero-order valence-corrected chi connectivity index (χ0v) is 13.1. The maximum Gasteiger partial charge on any atom is 0.243 e. The highest BCUT2D eigenvalue weighted by Crippen LogP contribution is 2.28. The Hall–Kier alpha value is -1.67. The first-order valence-corrected chi connectivity index (χ1v) is 8.90. The van der Waals surface area contributed by atoms with Crippen LogP contribution in [0.2, 0.25) is 0 Å². The van der Waals surface area contributed by atoms with Crippen LogP contribution >= 0.6 is 12.2 Å². The van der Waals surface area contributed by atoms with Gasteiger partial charge in [-0.15, -0.1) is 0 Å². The van der Waals surface area contributed by atoms with E-state index in [-0.39, 0.29) is 10.8 Å². The molecule has 0 spiro atoms. The standard InChI is InChI=1S/C13H15N3O3S2/c1-21(18,19)10-6-2-4-8-11(10)15-13(20)16(8)9-5-3-7-14-12(9)17/h2,4,6,9H,3,5,7H2,1H3,(H,14,17)(H,15,20). The minimum Gasteiger partial charge on any atom is -0.354 e. The molecule has 3 rings (SSSR count). The third-order valence-electron chi connectivity index (χ3n) is 3.68. The van der Waals surface area contributed by atoms with Crippen LogP contribution in [0.25, 0.3) is 11.0 Å². The van der Waals surface area contributed by atoms with Crippen molar-refractivity contribution >= 4 is 39.0 Å². The SMILES string of the molecule is CS(=O)(=O)c1cccc2c1[nH]c(=S)n2C1CCCNC1=O. The van der Waals surface area contributed by atoms with Crippen molar-refractivity contribution in [3.63, 3.8) is 0 Å². The van der Waals surface area contributed by atoms with E-state index < -0.39 is 15.9 Å². The van der Waals surface area contributed by atoms with Crippen molar-refractivity contribution < 1.29 is 13.2 Å². The first kappa shape index (κ1) is 14.3. The fourth-order valence-electron chi connectivity index (χ4n) is 2.74. The van der Waals surface area contributed by atoms with Crippen molar-refractivity contribution in [1.82, 2.24) is 14.9 Å². The number of sulfone groups is 1. The average Bonchev–Trinajstić information content (AvgIpc) is 2.74. The van der Waals surface area contributed by atoms with Crippen molar-refractivity contribution in [3.05, 3.63) is 23.0 Å². The third-order valence-corrected chi connectivity index (χ3v) is 5.12. The maximum atomic E-state index is 12.1. The third kappa shape index (κ3) is 2.38. The van der Waals surface area contributed by atoms with Gasteiger partial charge in [-0.3, -0.25) is 4.79 Å². The zero-order chi connectivity index (χ0) is 15.2. The number of nitrogens with one attached hydrogen (secondary N) is 2. The van der Waals surface area contributed by atoms with Crippen molar-refractivity contribution in [1.29, 1.82) is 0 Å². The number of aromatic nitrogens is 2. The van der Waals surface area contributed by atoms with Gasteiger partial charge in [-0.1, -0.05) is 6.07 Å². The van der Waals surface area contributed by atoms with Gasteiger partial charge in [0.25, 0.3) is 0 Å². The Balaban J connectivity index is 2.28. The number of imidazole rings is 1. The van der Waals surface area contributed by atoms with E-state index in [1.165, 1.54) is 6.07 Å². The number of benzene rings is 1. The van der Waals surface area contributed by atoms with Crippen LogP contribution in [0.5, 0.6) is 0 Å². The van der Waals surface area contributed by atoms with E-state index in [1.54, 1.807) is 16.7 Å². The van der Waals surface area contributed by atoms with Gasteiger partial charge in [0, 0.05) is 12.8 Å². The number of carbonyl (C=O) groups is 1. The second-order valence-corrected chi connectivity index (χ2v) is 7.54. The van der Waals surface area contributed by atoms with Gasteiger partial charge in [0.2, 0.25) is 5.91 Å². The zero-order valence-electron chi connectivity index (χ0n) is 11.4. The molecule has 112 valence electrons. The number of H-pyrrole nitrogens is 1. The predicted molar refractivity (Wildman–Crippen MR) is 81.5 cm³/mol. The monoisotopic (exact) mass is 325 g/mol. The topological polar surface area (TPSA) is 84.0 Å². The Labute approximate surface area is 127 Å². The van der Waals surface area contributed by atoms with Crippen molar-refractivity contribution in [2.75, 3.05) is 12.8 Å². The van der Waals surface area contributed by atoms with E-state index in [1.807, 2.05) is 0 Å². The summed E-state index contributed by atoms with van der Waals surface area (Å²) in [7, 11) is -3.37. The van der Waals surface area contributed by atoms with Crippen LogP contribution in [0.1, 0.15) is 18.9 Å². The molecule has 2 N–H and O–H groups in total. The van der Waals surface area contributed by atoms with Gasteiger partial charge in [-0.05, 0) is 37.2 Å². The summed E-state index contributed by atoms with van der Waals surface area (Å²) in [6.07, 6.45) is 2.72. The van der Waals surface area contributed by atoms with Gasteiger partial charge >= 0.3 is 0 Å². The van der Waals surface area contributed by atoms with Gasteiger partial charge in [-0.25, -0.2) is 8.42 Å². The van der Waals surface area contributed by atoms with E-state index >= 15 is 0 Å². The Morgan fingerprint density at radius 2 is 2.14 bits per heavy atom. The number of aromatic amines is 1. The van der Waals surface area contributed by atoms with E-state index in [0.717, 1.165) is 12.7 Å². The summed E-state index contributed by atoms with van der Waals surface area (Å²) < 4.78 is 25.8. The highest BCUT2D eigenvalue weighted by molar-refractivity contribution is 7.91. The van der Waals surface area contributed by atoms with Crippen LogP contribution in [-0.2, 0) is 14.6 Å². The second kappa shape index (κ2) is 4.96. The van der Waals surface area contributed by atoms with Gasteiger partial charge in [-0.2, -0.15) is 0 Å². The lowest BCUT2D eigenvalue weighted by atomic mass is 10.1. The summed E-state index contributed by atoms with van der Waals surface area (Å²) in [5, 5.41) is 2.82. The van der Waals surface area contributed by atoms with Gasteiger partial charge in [0.1, 0.15) is 6.04 Å². The molecule has 1 saturated heterocycles. The van der Waals surface area contributed by atoms with Crippen LogP contribution < -0.4 is 5.32 Å². The molecule has 1 aromatic heterocycles. The molecular weight excluding hydrogens is 310 g/mol. The number of fused-ring (bicyclic) bond motifs is 1. The molecule has 1 unspecified atom stereocenters. The van der Waals surface area contributed by atoms with Gasteiger partial charge < -0.3 is 14.9 Å². The molecule has 6 nitrogen and oxygen atoms in total. The first-order valence-electron chi connectivity index (χ1n) is 6.60. The molecule has 1 atom stereocenters. The molecule has 2 aromatic rings. The molecule has 1 aromatic carbocycles. The number of hydrogen-bond acceptors (Lipinski definition) is 4. The average molecular weight is 325 g/mol. The summed E-state index contributed by atoms with van der Waals surface area (Å²) in [6.45, 7) is 0.666. The van der Waals surface area contributed by atoms with Crippen LogP contribution in [0.15, 0.2) is 23.1 Å². The molecule has 2 heterocycles. The number of para-hydroxylation sites is 1. The first-order chi connectivity index (χ1) is 9.89. The van der Waals surface area contributed by atoms with E-state index in [4.69, 9.17) is 12.2 Å². The number of hydrogen-bond donors (Lipinski definition) is 2. The smallest absolute Gasteiger partial charge is 0.243 e. The molecule has 1 aliphatic rings. The fraction of sp³-hybridized carbons (Fsp3) is 0.385. The molecule has 1 aliphatic heterocycles. The molecular formula is C13H15N3O3S2. The Kier molecular flexibility index (Phi) is 3.37. The number of piperidine rings is 1. The largest absolute Gasteiger partial charge is 0.354 e. The van der Waals surface area contributed by atoms with Gasteiger partial charge in [0.15, 0.2) is 14.6 Å². The quantitative estimate of drug-likeness (QED) is 0.821. The number of amides is 1. The van der Waals surface area contributed by atoms with E-state index in [2.05, 4.69) is 10.3 Å². The Morgan fingerprint density at radius 3 is 2.81 bits per heavy atom. The van der Waals surface area contributed by atoms with E-state index in [9.17, 15) is 13.2 Å². The van der Waals surface area contributed by atoms with Crippen molar-refractivity contribution in [3.8, 4) is 0 Å². The fourth-order valence-corrected chi connectivity index (χ4v) is 3.92. The lowest BCUT2D eigenvalue weighted by Crippen LogP contribution is -2.37. The summed E-state index contributed by atoms with van der Waals surface area (Å²) in [4.78, 5) is 15.2. The Bertz CT molecular complexity index is 880. The molecule has 1 amide bonds. The minimum atomic E-state index is -3.37. The van der Waals surface area contributed by atoms with Crippen LogP contribution in [0.3, 0.4) is 0 Å². The molecule has 0 bridgehead atoms. The number of rotatable bonds is 2. The molecule has 0 saturated carbocycles. The summed E-state index contributed by atoms with van der Waals surface area (Å²) in [6, 6.07) is 4.58. The summed E-state index contributed by atoms with van der Waals surface area (Å²) in [5.74, 6) is -0.0805. The highest BCUT2D eigenvalue weighted by atomic mass is 32.2. The molecule has 0 radical (unpaired) electrons. The van der Waals surface area contributed by atoms with Crippen molar-refractivity contribution in [2.45, 2.75) is 23.8 Å². The summed E-state index contributed by atoms with van der Waals surface area (Å²) >= 11 is 5.30.